The molecule has 5 nitrogen and oxygen atoms in total. The fourth-order valence-electron chi connectivity index (χ4n) is 2.28. The van der Waals surface area contributed by atoms with Gasteiger partial charge in [0.15, 0.2) is 0 Å². The van der Waals surface area contributed by atoms with Crippen molar-refractivity contribution >= 4 is 10.0 Å². The normalized spacial score (nSPS) is 11.7. The predicted molar refractivity (Wildman–Crippen MR) is 90.9 cm³/mol. The minimum absolute atomic E-state index is 0.331. The molecule has 0 spiro atoms. The first-order valence-electron chi connectivity index (χ1n) is 7.30. The summed E-state index contributed by atoms with van der Waals surface area (Å²) in [6.07, 6.45) is 0. The Bertz CT molecular complexity index is 758. The van der Waals surface area contributed by atoms with Crippen LogP contribution in [-0.2, 0) is 23.1 Å². The summed E-state index contributed by atoms with van der Waals surface area (Å²) >= 11 is 0. The number of benzene rings is 2. The summed E-state index contributed by atoms with van der Waals surface area (Å²) in [5.41, 5.74) is 1.78. The van der Waals surface area contributed by atoms with Gasteiger partial charge in [0.05, 0.1) is 12.0 Å². The topological polar surface area (TPSA) is 58.6 Å². The molecular weight excluding hydrogens is 312 g/mol. The van der Waals surface area contributed by atoms with Crippen LogP contribution < -0.4 is 10.1 Å². The van der Waals surface area contributed by atoms with Gasteiger partial charge in [-0.05, 0) is 17.7 Å². The standard InChI is InChI=1S/C17H22N2O3S/c1-19(2)23(20,21)17-11-7-5-9-15(17)13-18-12-14-8-4-6-10-16(14)22-3/h4-11,18H,12-13H2,1-3H3. The number of ether oxygens (including phenoxy) is 1. The van der Waals surface area contributed by atoms with E-state index in [4.69, 9.17) is 4.74 Å². The molecule has 0 aliphatic rings. The van der Waals surface area contributed by atoms with Crippen LogP contribution in [0.1, 0.15) is 11.1 Å². The lowest BCUT2D eigenvalue weighted by molar-refractivity contribution is 0.407. The molecule has 0 aromatic heterocycles. The van der Waals surface area contributed by atoms with Crippen molar-refractivity contribution in [1.29, 1.82) is 0 Å². The molecule has 6 heteroatoms. The van der Waals surface area contributed by atoms with Crippen molar-refractivity contribution in [3.8, 4) is 5.75 Å². The van der Waals surface area contributed by atoms with Gasteiger partial charge in [-0.3, -0.25) is 0 Å². The molecule has 0 aliphatic heterocycles. The highest BCUT2D eigenvalue weighted by molar-refractivity contribution is 7.89. The van der Waals surface area contributed by atoms with E-state index in [-0.39, 0.29) is 0 Å². The van der Waals surface area contributed by atoms with E-state index in [1.807, 2.05) is 36.4 Å². The average Bonchev–Trinajstić information content (AvgIpc) is 2.55. The summed E-state index contributed by atoms with van der Waals surface area (Å²) in [7, 11) is 1.26. The molecule has 0 unspecified atom stereocenters. The molecule has 0 saturated carbocycles. The molecule has 0 heterocycles. The first-order chi connectivity index (χ1) is 11.0. The van der Waals surface area contributed by atoms with Gasteiger partial charge in [-0.1, -0.05) is 36.4 Å². The Kier molecular flexibility index (Phi) is 5.76. The summed E-state index contributed by atoms with van der Waals surface area (Å²) in [6.45, 7) is 1.06. The predicted octanol–water partition coefficient (Wildman–Crippen LogP) is 2.24. The van der Waals surface area contributed by atoms with Crippen molar-refractivity contribution in [2.24, 2.45) is 0 Å². The summed E-state index contributed by atoms with van der Waals surface area (Å²) < 4.78 is 31.3. The Balaban J connectivity index is 2.13. The monoisotopic (exact) mass is 334 g/mol. The highest BCUT2D eigenvalue weighted by Crippen LogP contribution is 2.20. The maximum Gasteiger partial charge on any atom is 0.242 e. The largest absolute Gasteiger partial charge is 0.496 e. The zero-order chi connectivity index (χ0) is 16.9. The summed E-state index contributed by atoms with van der Waals surface area (Å²) in [5.74, 6) is 0.814. The molecule has 124 valence electrons. The molecule has 0 atom stereocenters. The van der Waals surface area contributed by atoms with Crippen LogP contribution in [-0.4, -0.2) is 33.9 Å². The third-order valence-electron chi connectivity index (χ3n) is 3.55. The zero-order valence-electron chi connectivity index (χ0n) is 13.6. The van der Waals surface area contributed by atoms with E-state index >= 15 is 0 Å². The first kappa shape index (κ1) is 17.5. The van der Waals surface area contributed by atoms with Crippen LogP contribution in [0.15, 0.2) is 53.4 Å². The van der Waals surface area contributed by atoms with Crippen LogP contribution in [0, 0.1) is 0 Å². The molecule has 2 rings (SSSR count). The maximum atomic E-state index is 12.4. The van der Waals surface area contributed by atoms with E-state index in [1.165, 1.54) is 18.4 Å². The van der Waals surface area contributed by atoms with E-state index < -0.39 is 10.0 Å². The molecular formula is C17H22N2O3S. The van der Waals surface area contributed by atoms with Gasteiger partial charge >= 0.3 is 0 Å². The van der Waals surface area contributed by atoms with Gasteiger partial charge in [0.2, 0.25) is 10.0 Å². The van der Waals surface area contributed by atoms with E-state index in [9.17, 15) is 8.42 Å². The number of rotatable bonds is 7. The minimum Gasteiger partial charge on any atom is -0.496 e. The Morgan fingerprint density at radius 2 is 1.52 bits per heavy atom. The third kappa shape index (κ3) is 4.10. The number of hydrogen-bond acceptors (Lipinski definition) is 4. The van der Waals surface area contributed by atoms with Crippen molar-refractivity contribution < 1.29 is 13.2 Å². The Labute approximate surface area is 137 Å². The highest BCUT2D eigenvalue weighted by atomic mass is 32.2. The zero-order valence-corrected chi connectivity index (χ0v) is 14.4. The van der Waals surface area contributed by atoms with Crippen LogP contribution >= 0.6 is 0 Å². The van der Waals surface area contributed by atoms with Crippen LogP contribution in [0.3, 0.4) is 0 Å². The molecule has 0 bridgehead atoms. The van der Waals surface area contributed by atoms with Crippen LogP contribution in [0.4, 0.5) is 0 Å². The Morgan fingerprint density at radius 1 is 0.957 bits per heavy atom. The lowest BCUT2D eigenvalue weighted by Crippen LogP contribution is -2.24. The highest BCUT2D eigenvalue weighted by Gasteiger charge is 2.20. The number of methoxy groups -OCH3 is 1. The quantitative estimate of drug-likeness (QED) is 0.844. The summed E-state index contributed by atoms with van der Waals surface area (Å²) in [4.78, 5) is 0.331. The molecule has 0 saturated heterocycles. The summed E-state index contributed by atoms with van der Waals surface area (Å²) in [5, 5.41) is 3.28. The molecule has 0 aliphatic carbocycles. The summed E-state index contributed by atoms with van der Waals surface area (Å²) in [6, 6.07) is 14.8. The first-order valence-corrected chi connectivity index (χ1v) is 8.74. The second-order valence-electron chi connectivity index (χ2n) is 5.31. The minimum atomic E-state index is -3.45. The molecule has 0 amide bonds. The second-order valence-corrected chi connectivity index (χ2v) is 7.43. The van der Waals surface area contributed by atoms with Gasteiger partial charge in [0.1, 0.15) is 5.75 Å². The van der Waals surface area contributed by atoms with Crippen molar-refractivity contribution in [2.45, 2.75) is 18.0 Å². The lowest BCUT2D eigenvalue weighted by atomic mass is 10.2. The van der Waals surface area contributed by atoms with Crippen molar-refractivity contribution in [2.75, 3.05) is 21.2 Å². The Morgan fingerprint density at radius 3 is 2.17 bits per heavy atom. The van der Waals surface area contributed by atoms with Crippen LogP contribution in [0.2, 0.25) is 0 Å². The molecule has 23 heavy (non-hydrogen) atoms. The van der Waals surface area contributed by atoms with E-state index in [0.717, 1.165) is 16.9 Å². The maximum absolute atomic E-state index is 12.4. The molecule has 2 aromatic rings. The van der Waals surface area contributed by atoms with E-state index in [1.54, 1.807) is 19.2 Å². The average molecular weight is 334 g/mol. The van der Waals surface area contributed by atoms with Gasteiger partial charge in [-0.2, -0.15) is 0 Å². The van der Waals surface area contributed by atoms with Gasteiger partial charge in [-0.15, -0.1) is 0 Å². The van der Waals surface area contributed by atoms with E-state index in [2.05, 4.69) is 5.32 Å². The van der Waals surface area contributed by atoms with Gasteiger partial charge in [0, 0.05) is 32.7 Å². The number of nitrogens with zero attached hydrogens (tertiary/aromatic N) is 1. The van der Waals surface area contributed by atoms with Crippen molar-refractivity contribution in [1.82, 2.24) is 9.62 Å². The smallest absolute Gasteiger partial charge is 0.242 e. The van der Waals surface area contributed by atoms with Gasteiger partial charge in [-0.25, -0.2) is 12.7 Å². The second kappa shape index (κ2) is 7.59. The number of nitrogens with one attached hydrogen (secondary N) is 1. The number of hydrogen-bond donors (Lipinski definition) is 1. The molecule has 0 radical (unpaired) electrons. The SMILES string of the molecule is COc1ccccc1CNCc1ccccc1S(=O)(=O)N(C)C. The van der Waals surface area contributed by atoms with Crippen LogP contribution in [0.25, 0.3) is 0 Å². The molecule has 0 fully saturated rings. The van der Waals surface area contributed by atoms with E-state index in [0.29, 0.717) is 18.0 Å². The number of para-hydroxylation sites is 1. The molecule has 2 aromatic carbocycles. The van der Waals surface area contributed by atoms with Crippen molar-refractivity contribution in [3.63, 3.8) is 0 Å². The number of sulfonamides is 1. The third-order valence-corrected chi connectivity index (χ3v) is 5.47. The van der Waals surface area contributed by atoms with Crippen molar-refractivity contribution in [3.05, 3.63) is 59.7 Å². The van der Waals surface area contributed by atoms with Gasteiger partial charge < -0.3 is 10.1 Å². The fraction of sp³-hybridized carbons (Fsp3) is 0.294. The van der Waals surface area contributed by atoms with Gasteiger partial charge in [0.25, 0.3) is 0 Å². The Hall–Kier alpha value is -1.89. The molecule has 1 N–H and O–H groups in total. The lowest BCUT2D eigenvalue weighted by Gasteiger charge is -2.16. The fourth-order valence-corrected chi connectivity index (χ4v) is 3.39. The van der Waals surface area contributed by atoms with Crippen LogP contribution in [0.5, 0.6) is 5.75 Å².